The highest BCUT2D eigenvalue weighted by Crippen LogP contribution is 2.22. The maximum atomic E-state index is 12.7. The largest absolute Gasteiger partial charge is 0.301 e. The third kappa shape index (κ3) is 4.60. The van der Waals surface area contributed by atoms with E-state index in [1.807, 2.05) is 0 Å². The van der Waals surface area contributed by atoms with Crippen LogP contribution in [0.4, 0.5) is 9.52 Å². The molecule has 0 bridgehead atoms. The summed E-state index contributed by atoms with van der Waals surface area (Å²) in [7, 11) is 0. The lowest BCUT2D eigenvalue weighted by Gasteiger charge is -1.99. The molecule has 100 valence electrons. The molecule has 0 unspecified atom stereocenters. The van der Waals surface area contributed by atoms with Gasteiger partial charge >= 0.3 is 0 Å². The molecule has 0 aliphatic carbocycles. The van der Waals surface area contributed by atoms with Gasteiger partial charge in [-0.05, 0) is 17.7 Å². The fraction of sp³-hybridized carbons (Fsp3) is 0.250. The molecule has 0 radical (unpaired) electrons. The van der Waals surface area contributed by atoms with E-state index in [4.69, 9.17) is 0 Å². The number of aromatic nitrogens is 2. The highest BCUT2D eigenvalue weighted by Gasteiger charge is 2.05. The van der Waals surface area contributed by atoms with Crippen LogP contribution in [-0.2, 0) is 16.3 Å². The van der Waals surface area contributed by atoms with E-state index in [0.717, 1.165) is 16.3 Å². The first-order valence-electron chi connectivity index (χ1n) is 5.55. The second-order valence-corrected chi connectivity index (χ2v) is 5.85. The molecular weight excluding hydrogens is 285 g/mol. The molecule has 0 aliphatic rings. The molecule has 0 aliphatic heterocycles. The third-order valence-corrected chi connectivity index (χ3v) is 4.19. The average Bonchev–Trinajstić information content (AvgIpc) is 2.78. The van der Waals surface area contributed by atoms with E-state index in [0.29, 0.717) is 10.9 Å². The van der Waals surface area contributed by atoms with Crippen LogP contribution in [0.5, 0.6) is 0 Å². The Kier molecular flexibility index (Phi) is 4.86. The minimum absolute atomic E-state index is 0.151. The van der Waals surface area contributed by atoms with Crippen molar-refractivity contribution in [3.63, 3.8) is 0 Å². The molecule has 19 heavy (non-hydrogen) atoms. The lowest BCUT2D eigenvalue weighted by Crippen LogP contribution is -2.04. The minimum Gasteiger partial charge on any atom is -0.301 e. The summed E-state index contributed by atoms with van der Waals surface area (Å²) in [5.41, 5.74) is 1.07. The molecular formula is C12H12FN3OS2. The van der Waals surface area contributed by atoms with Gasteiger partial charge in [0.1, 0.15) is 10.8 Å². The lowest BCUT2D eigenvalue weighted by molar-refractivity contribution is -0.114. The molecule has 0 fully saturated rings. The predicted octanol–water partition coefficient (Wildman–Crippen LogP) is 3.07. The Morgan fingerprint density at radius 1 is 1.32 bits per heavy atom. The van der Waals surface area contributed by atoms with E-state index in [-0.39, 0.29) is 11.7 Å². The van der Waals surface area contributed by atoms with Crippen molar-refractivity contribution in [2.45, 2.75) is 18.4 Å². The normalized spacial score (nSPS) is 10.4. The number of rotatable bonds is 5. The van der Waals surface area contributed by atoms with Gasteiger partial charge in [-0.25, -0.2) is 4.39 Å². The van der Waals surface area contributed by atoms with E-state index >= 15 is 0 Å². The Bertz CT molecular complexity index is 556. The van der Waals surface area contributed by atoms with Crippen LogP contribution < -0.4 is 5.32 Å². The second kappa shape index (κ2) is 6.63. The fourth-order valence-corrected chi connectivity index (χ4v) is 3.18. The number of hydrogen-bond acceptors (Lipinski definition) is 5. The molecule has 0 saturated heterocycles. The van der Waals surface area contributed by atoms with Crippen LogP contribution in [0.15, 0.2) is 24.3 Å². The molecule has 1 N–H and O–H groups in total. The number of carbonyl (C=O) groups excluding carboxylic acids is 1. The second-order valence-electron chi connectivity index (χ2n) is 3.80. The molecule has 0 spiro atoms. The zero-order chi connectivity index (χ0) is 13.7. The van der Waals surface area contributed by atoms with Gasteiger partial charge in [0.25, 0.3) is 0 Å². The number of amides is 1. The van der Waals surface area contributed by atoms with E-state index in [1.54, 1.807) is 23.9 Å². The molecule has 2 rings (SSSR count). The first kappa shape index (κ1) is 14.0. The number of anilines is 1. The van der Waals surface area contributed by atoms with Crippen LogP contribution in [0.2, 0.25) is 0 Å². The van der Waals surface area contributed by atoms with E-state index in [1.165, 1.54) is 30.4 Å². The number of nitrogens with zero attached hydrogens (tertiary/aromatic N) is 2. The first-order chi connectivity index (χ1) is 9.13. The zero-order valence-corrected chi connectivity index (χ0v) is 11.9. The molecule has 1 aromatic carbocycles. The summed E-state index contributed by atoms with van der Waals surface area (Å²) >= 11 is 3.03. The Labute approximate surface area is 118 Å². The van der Waals surface area contributed by atoms with Gasteiger partial charge in [-0.1, -0.05) is 23.5 Å². The van der Waals surface area contributed by atoms with Crippen LogP contribution in [0.25, 0.3) is 0 Å². The summed E-state index contributed by atoms with van der Waals surface area (Å²) in [6.45, 7) is 1.43. The number of thioether (sulfide) groups is 1. The van der Waals surface area contributed by atoms with Gasteiger partial charge in [0, 0.05) is 18.4 Å². The zero-order valence-electron chi connectivity index (χ0n) is 10.2. The van der Waals surface area contributed by atoms with Gasteiger partial charge < -0.3 is 5.32 Å². The lowest BCUT2D eigenvalue weighted by atomic mass is 10.2. The molecule has 7 heteroatoms. The van der Waals surface area contributed by atoms with Gasteiger partial charge in [-0.3, -0.25) is 4.79 Å². The van der Waals surface area contributed by atoms with Crippen molar-refractivity contribution >= 4 is 34.1 Å². The minimum atomic E-state index is -0.224. The van der Waals surface area contributed by atoms with Crippen molar-refractivity contribution in [1.82, 2.24) is 10.2 Å². The van der Waals surface area contributed by atoms with Crippen molar-refractivity contribution in [2.75, 3.05) is 5.32 Å². The number of carbonyl (C=O) groups is 1. The van der Waals surface area contributed by atoms with E-state index in [2.05, 4.69) is 15.5 Å². The molecule has 0 atom stereocenters. The number of benzene rings is 1. The van der Waals surface area contributed by atoms with Gasteiger partial charge in [0.2, 0.25) is 11.0 Å². The summed E-state index contributed by atoms with van der Waals surface area (Å²) in [5, 5.41) is 11.8. The number of nitrogens with one attached hydrogen (secondary N) is 1. The summed E-state index contributed by atoms with van der Waals surface area (Å²) < 4.78 is 12.7. The fourth-order valence-electron chi connectivity index (χ4n) is 1.35. The van der Waals surface area contributed by atoms with Crippen molar-refractivity contribution < 1.29 is 9.18 Å². The molecule has 1 aromatic heterocycles. The van der Waals surface area contributed by atoms with Crippen LogP contribution in [-0.4, -0.2) is 16.1 Å². The van der Waals surface area contributed by atoms with Crippen molar-refractivity contribution in [3.8, 4) is 0 Å². The standard InChI is InChI=1S/C12H12FN3OS2/c1-8(17)14-12-16-15-11(19-12)7-18-6-9-2-4-10(13)5-3-9/h2-5H,6-7H2,1H3,(H,14,16,17). The van der Waals surface area contributed by atoms with Crippen LogP contribution in [0.3, 0.4) is 0 Å². The molecule has 2 aromatic rings. The van der Waals surface area contributed by atoms with E-state index in [9.17, 15) is 9.18 Å². The van der Waals surface area contributed by atoms with Crippen molar-refractivity contribution in [1.29, 1.82) is 0 Å². The topological polar surface area (TPSA) is 54.9 Å². The summed E-state index contributed by atoms with van der Waals surface area (Å²) in [5.74, 6) is 1.13. The maximum Gasteiger partial charge on any atom is 0.223 e. The van der Waals surface area contributed by atoms with Gasteiger partial charge in [0.15, 0.2) is 0 Å². The highest BCUT2D eigenvalue weighted by atomic mass is 32.2. The maximum absolute atomic E-state index is 12.7. The third-order valence-electron chi connectivity index (χ3n) is 2.16. The van der Waals surface area contributed by atoms with E-state index < -0.39 is 0 Å². The predicted molar refractivity (Wildman–Crippen MR) is 75.6 cm³/mol. The Balaban J connectivity index is 1.80. The number of halogens is 1. The SMILES string of the molecule is CC(=O)Nc1nnc(CSCc2ccc(F)cc2)s1. The first-order valence-corrected chi connectivity index (χ1v) is 7.53. The summed E-state index contributed by atoms with van der Waals surface area (Å²) in [6.07, 6.45) is 0. The quantitative estimate of drug-likeness (QED) is 0.921. The molecule has 0 saturated carbocycles. The Morgan fingerprint density at radius 2 is 2.05 bits per heavy atom. The molecule has 4 nitrogen and oxygen atoms in total. The van der Waals surface area contributed by atoms with Crippen LogP contribution in [0, 0.1) is 5.82 Å². The smallest absolute Gasteiger partial charge is 0.223 e. The average molecular weight is 297 g/mol. The molecule has 1 amide bonds. The van der Waals surface area contributed by atoms with Crippen LogP contribution >= 0.6 is 23.1 Å². The van der Waals surface area contributed by atoms with Crippen molar-refractivity contribution in [3.05, 3.63) is 40.7 Å². The summed E-state index contributed by atoms with van der Waals surface area (Å²) in [4.78, 5) is 10.8. The number of hydrogen-bond donors (Lipinski definition) is 1. The highest BCUT2D eigenvalue weighted by molar-refractivity contribution is 7.97. The monoisotopic (exact) mass is 297 g/mol. The van der Waals surface area contributed by atoms with Gasteiger partial charge in [0.05, 0.1) is 0 Å². The Hall–Kier alpha value is -1.47. The van der Waals surface area contributed by atoms with Crippen LogP contribution in [0.1, 0.15) is 17.5 Å². The van der Waals surface area contributed by atoms with Crippen molar-refractivity contribution in [2.24, 2.45) is 0 Å². The Morgan fingerprint density at radius 3 is 2.74 bits per heavy atom. The summed E-state index contributed by atoms with van der Waals surface area (Å²) in [6, 6.07) is 6.45. The molecule has 1 heterocycles. The van der Waals surface area contributed by atoms with Gasteiger partial charge in [-0.2, -0.15) is 0 Å². The van der Waals surface area contributed by atoms with Gasteiger partial charge in [-0.15, -0.1) is 22.0 Å².